The summed E-state index contributed by atoms with van der Waals surface area (Å²) in [6.45, 7) is -0.273. The molecule has 0 saturated carbocycles. The third-order valence-electron chi connectivity index (χ3n) is 3.92. The van der Waals surface area contributed by atoms with Crippen LogP contribution in [0.1, 0.15) is 21.7 Å². The Hall–Kier alpha value is -3.09. The summed E-state index contributed by atoms with van der Waals surface area (Å²) in [5.74, 6) is -0.898. The van der Waals surface area contributed by atoms with Gasteiger partial charge in [0.25, 0.3) is 5.91 Å². The highest BCUT2D eigenvalue weighted by atomic mass is 19.4. The lowest BCUT2D eigenvalue weighted by Crippen LogP contribution is -2.28. The van der Waals surface area contributed by atoms with Crippen LogP contribution in [0.3, 0.4) is 0 Å². The Morgan fingerprint density at radius 1 is 1.08 bits per heavy atom. The van der Waals surface area contributed by atoms with Crippen LogP contribution < -0.4 is 5.43 Å². The van der Waals surface area contributed by atoms with Crippen molar-refractivity contribution < 1.29 is 22.4 Å². The number of nitrogens with zero attached hydrogens (tertiary/aromatic N) is 1. The molecule has 0 aliphatic carbocycles. The topological polar surface area (TPSA) is 50.5 Å². The molecule has 134 valence electrons. The van der Waals surface area contributed by atoms with E-state index in [1.54, 1.807) is 24.3 Å². The lowest BCUT2D eigenvalue weighted by atomic mass is 10.1. The van der Waals surface area contributed by atoms with Crippen molar-refractivity contribution in [1.82, 2.24) is 4.90 Å². The first-order valence-corrected chi connectivity index (χ1v) is 7.71. The number of rotatable bonds is 3. The molecule has 0 saturated heterocycles. The molecule has 0 atom stereocenters. The molecule has 0 fully saturated rings. The van der Waals surface area contributed by atoms with Gasteiger partial charge in [0, 0.05) is 19.7 Å². The summed E-state index contributed by atoms with van der Waals surface area (Å²) in [7, 11) is 1.35. The number of amides is 1. The molecule has 0 aliphatic rings. The lowest BCUT2D eigenvalue weighted by molar-refractivity contribution is -0.138. The molecule has 0 aliphatic heterocycles. The summed E-state index contributed by atoms with van der Waals surface area (Å²) in [6, 6.07) is 12.5. The molecule has 3 aromatic rings. The molecule has 0 spiro atoms. The van der Waals surface area contributed by atoms with E-state index in [0.29, 0.717) is 5.39 Å². The third kappa shape index (κ3) is 3.46. The standard InChI is InChI=1S/C19H14F3NO3/c1-23(11-12-6-2-4-8-14(12)19(20,21)22)18(25)17-10-15(24)13-7-3-5-9-16(13)26-17/h2-10H,11H2,1H3. The van der Waals surface area contributed by atoms with E-state index in [1.807, 2.05) is 0 Å². The highest BCUT2D eigenvalue weighted by Crippen LogP contribution is 2.32. The van der Waals surface area contributed by atoms with Gasteiger partial charge in [-0.15, -0.1) is 0 Å². The highest BCUT2D eigenvalue weighted by molar-refractivity contribution is 5.93. The number of hydrogen-bond acceptors (Lipinski definition) is 3. The van der Waals surface area contributed by atoms with Crippen molar-refractivity contribution in [3.63, 3.8) is 0 Å². The number of alkyl halides is 3. The Morgan fingerprint density at radius 3 is 2.46 bits per heavy atom. The Balaban J connectivity index is 1.91. The van der Waals surface area contributed by atoms with Crippen LogP contribution in [0.4, 0.5) is 13.2 Å². The normalized spacial score (nSPS) is 11.5. The maximum atomic E-state index is 13.1. The molecule has 0 N–H and O–H groups in total. The fourth-order valence-corrected chi connectivity index (χ4v) is 2.66. The van der Waals surface area contributed by atoms with Crippen LogP contribution in [0.5, 0.6) is 0 Å². The van der Waals surface area contributed by atoms with E-state index in [-0.39, 0.29) is 28.9 Å². The zero-order valence-electron chi connectivity index (χ0n) is 13.7. The lowest BCUT2D eigenvalue weighted by Gasteiger charge is -2.19. The summed E-state index contributed by atoms with van der Waals surface area (Å²) in [5.41, 5.74) is -0.995. The smallest absolute Gasteiger partial charge is 0.416 e. The molecular weight excluding hydrogens is 347 g/mol. The minimum atomic E-state index is -4.52. The molecule has 26 heavy (non-hydrogen) atoms. The van der Waals surface area contributed by atoms with Gasteiger partial charge in [0.05, 0.1) is 10.9 Å². The number of fused-ring (bicyclic) bond motifs is 1. The molecule has 7 heteroatoms. The molecule has 0 unspecified atom stereocenters. The van der Waals surface area contributed by atoms with E-state index in [4.69, 9.17) is 4.42 Å². The third-order valence-corrected chi connectivity index (χ3v) is 3.92. The van der Waals surface area contributed by atoms with E-state index >= 15 is 0 Å². The minimum absolute atomic E-state index is 0.0426. The monoisotopic (exact) mass is 361 g/mol. The van der Waals surface area contributed by atoms with Crippen LogP contribution in [0.25, 0.3) is 11.0 Å². The quantitative estimate of drug-likeness (QED) is 0.706. The molecule has 0 radical (unpaired) electrons. The maximum Gasteiger partial charge on any atom is 0.416 e. The first-order valence-electron chi connectivity index (χ1n) is 7.71. The largest absolute Gasteiger partial charge is 0.451 e. The van der Waals surface area contributed by atoms with Crippen LogP contribution in [0.15, 0.2) is 63.8 Å². The van der Waals surface area contributed by atoms with Crippen LogP contribution in [0.2, 0.25) is 0 Å². The van der Waals surface area contributed by atoms with Crippen molar-refractivity contribution in [1.29, 1.82) is 0 Å². The number of para-hydroxylation sites is 1. The first-order chi connectivity index (χ1) is 12.3. The van der Waals surface area contributed by atoms with E-state index in [1.165, 1.54) is 25.2 Å². The summed E-state index contributed by atoms with van der Waals surface area (Å²) in [5, 5.41) is 0.328. The molecule has 1 heterocycles. The fraction of sp³-hybridized carbons (Fsp3) is 0.158. The Labute approximate surface area is 146 Å². The maximum absolute atomic E-state index is 13.1. The SMILES string of the molecule is CN(Cc1ccccc1C(F)(F)F)C(=O)c1cc(=O)c2ccccc2o1. The number of benzene rings is 2. The van der Waals surface area contributed by atoms with Crippen molar-refractivity contribution in [2.45, 2.75) is 12.7 Å². The van der Waals surface area contributed by atoms with Crippen LogP contribution >= 0.6 is 0 Å². The second-order valence-electron chi connectivity index (χ2n) is 5.79. The minimum Gasteiger partial charge on any atom is -0.451 e. The van der Waals surface area contributed by atoms with Crippen molar-refractivity contribution >= 4 is 16.9 Å². The van der Waals surface area contributed by atoms with Crippen molar-refractivity contribution in [3.05, 3.63) is 81.7 Å². The zero-order chi connectivity index (χ0) is 18.9. The number of hydrogen-bond donors (Lipinski definition) is 0. The van der Waals surface area contributed by atoms with Gasteiger partial charge in [0.15, 0.2) is 11.2 Å². The van der Waals surface area contributed by atoms with Crippen LogP contribution in [-0.4, -0.2) is 17.9 Å². The fourth-order valence-electron chi connectivity index (χ4n) is 2.66. The van der Waals surface area contributed by atoms with E-state index < -0.39 is 17.6 Å². The summed E-state index contributed by atoms with van der Waals surface area (Å²) in [6.07, 6.45) is -4.52. The number of halogens is 3. The molecule has 0 bridgehead atoms. The molecule has 1 aromatic heterocycles. The van der Waals surface area contributed by atoms with Gasteiger partial charge in [-0.05, 0) is 23.8 Å². The first kappa shape index (κ1) is 17.7. The van der Waals surface area contributed by atoms with Crippen molar-refractivity contribution in [2.24, 2.45) is 0 Å². The van der Waals surface area contributed by atoms with Crippen molar-refractivity contribution in [3.8, 4) is 0 Å². The Bertz CT molecular complexity index is 1020. The number of carbonyl (C=O) groups is 1. The van der Waals surface area contributed by atoms with Crippen LogP contribution in [0, 0.1) is 0 Å². The second kappa shape index (κ2) is 6.67. The van der Waals surface area contributed by atoms with Gasteiger partial charge in [-0.1, -0.05) is 30.3 Å². The predicted molar refractivity (Wildman–Crippen MR) is 89.7 cm³/mol. The van der Waals surface area contributed by atoms with E-state index in [2.05, 4.69) is 0 Å². The molecule has 3 rings (SSSR count). The average molecular weight is 361 g/mol. The van der Waals surface area contributed by atoms with Gasteiger partial charge < -0.3 is 9.32 Å². The summed E-state index contributed by atoms with van der Waals surface area (Å²) in [4.78, 5) is 25.7. The zero-order valence-corrected chi connectivity index (χ0v) is 13.7. The van der Waals surface area contributed by atoms with Gasteiger partial charge in [-0.25, -0.2) is 0 Å². The highest BCUT2D eigenvalue weighted by Gasteiger charge is 2.33. The van der Waals surface area contributed by atoms with Gasteiger partial charge in [-0.3, -0.25) is 9.59 Å². The molecule has 4 nitrogen and oxygen atoms in total. The summed E-state index contributed by atoms with van der Waals surface area (Å²) < 4.78 is 44.7. The summed E-state index contributed by atoms with van der Waals surface area (Å²) >= 11 is 0. The number of carbonyl (C=O) groups excluding carboxylic acids is 1. The molecule has 1 amide bonds. The van der Waals surface area contributed by atoms with E-state index in [9.17, 15) is 22.8 Å². The predicted octanol–water partition coefficient (Wildman–Crippen LogP) is 4.08. The van der Waals surface area contributed by atoms with E-state index in [0.717, 1.165) is 17.0 Å². The average Bonchev–Trinajstić information content (AvgIpc) is 2.60. The van der Waals surface area contributed by atoms with Gasteiger partial charge in [0.2, 0.25) is 0 Å². The van der Waals surface area contributed by atoms with Gasteiger partial charge in [0.1, 0.15) is 5.58 Å². The molecular formula is C19H14F3NO3. The van der Waals surface area contributed by atoms with Crippen LogP contribution in [-0.2, 0) is 12.7 Å². The Morgan fingerprint density at radius 2 is 1.73 bits per heavy atom. The van der Waals surface area contributed by atoms with Gasteiger partial charge >= 0.3 is 6.18 Å². The van der Waals surface area contributed by atoms with Crippen molar-refractivity contribution in [2.75, 3.05) is 7.05 Å². The van der Waals surface area contributed by atoms with Gasteiger partial charge in [-0.2, -0.15) is 13.2 Å². The second-order valence-corrected chi connectivity index (χ2v) is 5.79. The molecule has 2 aromatic carbocycles. The Kier molecular flexibility index (Phi) is 4.54.